The van der Waals surface area contributed by atoms with Gasteiger partial charge in [-0.2, -0.15) is 0 Å². The van der Waals surface area contributed by atoms with E-state index in [9.17, 15) is 4.79 Å². The van der Waals surface area contributed by atoms with Crippen LogP contribution in [0.2, 0.25) is 5.02 Å². The molecule has 1 heterocycles. The summed E-state index contributed by atoms with van der Waals surface area (Å²) in [5.41, 5.74) is 0. The lowest BCUT2D eigenvalue weighted by molar-refractivity contribution is -0.144. The van der Waals surface area contributed by atoms with E-state index in [0.29, 0.717) is 30.2 Å². The molecule has 0 spiro atoms. The number of aliphatic carboxylic acids is 1. The molecule has 1 fully saturated rings. The zero-order chi connectivity index (χ0) is 14.5. The number of carbonyl (C=O) groups is 1. The van der Waals surface area contributed by atoms with Crippen LogP contribution in [-0.4, -0.2) is 41.7 Å². The van der Waals surface area contributed by atoms with Crippen LogP contribution in [0.15, 0.2) is 24.3 Å². The zero-order valence-electron chi connectivity index (χ0n) is 11.6. The van der Waals surface area contributed by atoms with E-state index in [4.69, 9.17) is 21.4 Å². The van der Waals surface area contributed by atoms with Crippen LogP contribution in [0.4, 0.5) is 0 Å². The first-order chi connectivity index (χ1) is 9.58. The van der Waals surface area contributed by atoms with Gasteiger partial charge < -0.3 is 9.84 Å². The fraction of sp³-hybridized carbons (Fsp3) is 0.533. The zero-order valence-corrected chi connectivity index (χ0v) is 12.3. The topological polar surface area (TPSA) is 49.8 Å². The summed E-state index contributed by atoms with van der Waals surface area (Å²) >= 11 is 6.02. The van der Waals surface area contributed by atoms with Gasteiger partial charge in [-0.1, -0.05) is 23.7 Å². The quantitative estimate of drug-likeness (QED) is 0.908. The maximum Gasteiger partial charge on any atom is 0.306 e. The summed E-state index contributed by atoms with van der Waals surface area (Å²) in [7, 11) is 0. The van der Waals surface area contributed by atoms with E-state index in [1.54, 1.807) is 6.07 Å². The summed E-state index contributed by atoms with van der Waals surface area (Å²) in [6, 6.07) is 7.69. The summed E-state index contributed by atoms with van der Waals surface area (Å²) in [6.45, 7) is 4.24. The molecule has 0 aromatic heterocycles. The Morgan fingerprint density at radius 3 is 2.90 bits per heavy atom. The third-order valence-electron chi connectivity index (χ3n) is 3.84. The van der Waals surface area contributed by atoms with E-state index in [2.05, 4.69) is 11.8 Å². The summed E-state index contributed by atoms with van der Waals surface area (Å²) in [5, 5.41) is 9.66. The van der Waals surface area contributed by atoms with Gasteiger partial charge in [-0.3, -0.25) is 9.69 Å². The molecule has 0 bridgehead atoms. The van der Waals surface area contributed by atoms with Gasteiger partial charge in [-0.25, -0.2) is 0 Å². The molecule has 4 nitrogen and oxygen atoms in total. The van der Waals surface area contributed by atoms with Crippen molar-refractivity contribution in [1.29, 1.82) is 0 Å². The van der Waals surface area contributed by atoms with Crippen molar-refractivity contribution >= 4 is 17.6 Å². The number of para-hydroxylation sites is 1. The van der Waals surface area contributed by atoms with E-state index in [0.717, 1.165) is 13.1 Å². The van der Waals surface area contributed by atoms with E-state index < -0.39 is 5.97 Å². The van der Waals surface area contributed by atoms with Crippen molar-refractivity contribution in [2.75, 3.05) is 19.7 Å². The van der Waals surface area contributed by atoms with Crippen molar-refractivity contribution in [3.8, 4) is 5.75 Å². The van der Waals surface area contributed by atoms with Gasteiger partial charge in [0.05, 0.1) is 10.9 Å². The second-order valence-electron chi connectivity index (χ2n) is 5.22. The molecule has 1 aromatic rings. The van der Waals surface area contributed by atoms with Gasteiger partial charge in [0.15, 0.2) is 0 Å². The normalized spacial score (nSPS) is 23.5. The highest BCUT2D eigenvalue weighted by Crippen LogP contribution is 2.24. The lowest BCUT2D eigenvalue weighted by Crippen LogP contribution is -2.44. The number of hydrogen-bond acceptors (Lipinski definition) is 3. The SMILES string of the molecule is CC1CC(C(=O)O)CCN1CCOc1ccccc1Cl. The number of carboxylic acid groups (broad SMARTS) is 1. The highest BCUT2D eigenvalue weighted by molar-refractivity contribution is 6.32. The molecule has 0 amide bonds. The lowest BCUT2D eigenvalue weighted by Gasteiger charge is -2.36. The Labute approximate surface area is 124 Å². The maximum absolute atomic E-state index is 11.0. The molecule has 5 heteroatoms. The van der Waals surface area contributed by atoms with Crippen LogP contribution in [0.3, 0.4) is 0 Å². The summed E-state index contributed by atoms with van der Waals surface area (Å²) < 4.78 is 5.67. The fourth-order valence-electron chi connectivity index (χ4n) is 2.61. The first kappa shape index (κ1) is 15.1. The highest BCUT2D eigenvalue weighted by atomic mass is 35.5. The van der Waals surface area contributed by atoms with Crippen LogP contribution in [0.1, 0.15) is 19.8 Å². The molecule has 1 saturated heterocycles. The molecule has 2 rings (SSSR count). The summed E-state index contributed by atoms with van der Waals surface area (Å²) in [4.78, 5) is 13.3. The first-order valence-electron chi connectivity index (χ1n) is 6.92. The molecule has 1 aliphatic rings. The smallest absolute Gasteiger partial charge is 0.306 e. The van der Waals surface area contributed by atoms with Crippen molar-refractivity contribution in [2.24, 2.45) is 5.92 Å². The second-order valence-corrected chi connectivity index (χ2v) is 5.63. The lowest BCUT2D eigenvalue weighted by atomic mass is 9.92. The van der Waals surface area contributed by atoms with E-state index in [-0.39, 0.29) is 12.0 Å². The number of hydrogen-bond donors (Lipinski definition) is 1. The van der Waals surface area contributed by atoms with Gasteiger partial charge in [0.2, 0.25) is 0 Å². The molecule has 0 aliphatic carbocycles. The van der Waals surface area contributed by atoms with Crippen LogP contribution in [0.5, 0.6) is 5.75 Å². The molecule has 2 unspecified atom stereocenters. The Morgan fingerprint density at radius 2 is 2.25 bits per heavy atom. The standard InChI is InChI=1S/C15H20ClNO3/c1-11-10-12(15(18)19)6-7-17(11)8-9-20-14-5-3-2-4-13(14)16/h2-5,11-12H,6-10H2,1H3,(H,18,19). The number of piperidine rings is 1. The minimum absolute atomic E-state index is 0.203. The Kier molecular flexibility index (Phi) is 5.26. The van der Waals surface area contributed by atoms with Gasteiger partial charge in [-0.15, -0.1) is 0 Å². The highest BCUT2D eigenvalue weighted by Gasteiger charge is 2.29. The van der Waals surface area contributed by atoms with Crippen molar-refractivity contribution in [3.63, 3.8) is 0 Å². The van der Waals surface area contributed by atoms with Crippen LogP contribution >= 0.6 is 11.6 Å². The molecule has 1 aromatic carbocycles. The molecule has 1 N–H and O–H groups in total. The Morgan fingerprint density at radius 1 is 1.50 bits per heavy atom. The fourth-order valence-corrected chi connectivity index (χ4v) is 2.80. The van der Waals surface area contributed by atoms with E-state index in [1.165, 1.54) is 0 Å². The van der Waals surface area contributed by atoms with Crippen molar-refractivity contribution in [1.82, 2.24) is 4.90 Å². The molecular formula is C15H20ClNO3. The van der Waals surface area contributed by atoms with Gasteiger partial charge in [0.25, 0.3) is 0 Å². The average molecular weight is 298 g/mol. The van der Waals surface area contributed by atoms with Crippen molar-refractivity contribution < 1.29 is 14.6 Å². The third-order valence-corrected chi connectivity index (χ3v) is 4.15. The Hall–Kier alpha value is -1.26. The first-order valence-corrected chi connectivity index (χ1v) is 7.30. The van der Waals surface area contributed by atoms with E-state index >= 15 is 0 Å². The number of benzene rings is 1. The number of rotatable bonds is 5. The molecular weight excluding hydrogens is 278 g/mol. The average Bonchev–Trinajstić information content (AvgIpc) is 2.42. The van der Waals surface area contributed by atoms with E-state index in [1.807, 2.05) is 18.2 Å². The number of nitrogens with zero attached hydrogens (tertiary/aromatic N) is 1. The monoisotopic (exact) mass is 297 g/mol. The van der Waals surface area contributed by atoms with Gasteiger partial charge >= 0.3 is 5.97 Å². The molecule has 20 heavy (non-hydrogen) atoms. The van der Waals surface area contributed by atoms with Crippen LogP contribution in [0, 0.1) is 5.92 Å². The van der Waals surface area contributed by atoms with Gasteiger partial charge in [0.1, 0.15) is 12.4 Å². The second kappa shape index (κ2) is 6.95. The van der Waals surface area contributed by atoms with Crippen molar-refractivity contribution in [2.45, 2.75) is 25.8 Å². The number of ether oxygens (including phenoxy) is 1. The van der Waals surface area contributed by atoms with Gasteiger partial charge in [0, 0.05) is 12.6 Å². The van der Waals surface area contributed by atoms with Crippen LogP contribution in [-0.2, 0) is 4.79 Å². The molecule has 0 saturated carbocycles. The largest absolute Gasteiger partial charge is 0.491 e. The third kappa shape index (κ3) is 3.87. The maximum atomic E-state index is 11.0. The minimum Gasteiger partial charge on any atom is -0.491 e. The predicted octanol–water partition coefficient (Wildman–Crippen LogP) is 2.90. The van der Waals surface area contributed by atoms with Crippen LogP contribution in [0.25, 0.3) is 0 Å². The molecule has 0 radical (unpaired) electrons. The Balaban J connectivity index is 1.78. The molecule has 110 valence electrons. The molecule has 2 atom stereocenters. The van der Waals surface area contributed by atoms with Crippen LogP contribution < -0.4 is 4.74 Å². The molecule has 1 aliphatic heterocycles. The minimum atomic E-state index is -0.677. The summed E-state index contributed by atoms with van der Waals surface area (Å²) in [5.74, 6) is -0.184. The predicted molar refractivity (Wildman–Crippen MR) is 78.3 cm³/mol. The summed E-state index contributed by atoms with van der Waals surface area (Å²) in [6.07, 6.45) is 1.42. The Bertz CT molecular complexity index is 466. The number of carboxylic acids is 1. The number of halogens is 1. The van der Waals surface area contributed by atoms with Gasteiger partial charge in [-0.05, 0) is 38.4 Å². The van der Waals surface area contributed by atoms with Crippen molar-refractivity contribution in [3.05, 3.63) is 29.3 Å². The number of likely N-dealkylation sites (tertiary alicyclic amines) is 1.